The predicted octanol–water partition coefficient (Wildman–Crippen LogP) is 3.73. The van der Waals surface area contributed by atoms with Gasteiger partial charge in [0, 0.05) is 22.3 Å². The van der Waals surface area contributed by atoms with Crippen LogP contribution in [0, 0.1) is 0 Å². The van der Waals surface area contributed by atoms with Crippen LogP contribution in [-0.2, 0) is 16.0 Å². The van der Waals surface area contributed by atoms with E-state index in [2.05, 4.69) is 10.3 Å². The first-order valence-electron chi connectivity index (χ1n) is 8.14. The van der Waals surface area contributed by atoms with Gasteiger partial charge in [-0.2, -0.15) is 0 Å². The number of fused-ring (bicyclic) bond motifs is 1. The number of hydrogen-bond donors (Lipinski definition) is 2. The van der Waals surface area contributed by atoms with Gasteiger partial charge < -0.3 is 15.0 Å². The number of aromatic amines is 1. The van der Waals surface area contributed by atoms with Crippen molar-refractivity contribution >= 4 is 34.4 Å². The molecule has 0 bridgehead atoms. The monoisotopic (exact) mass is 370 g/mol. The highest BCUT2D eigenvalue weighted by molar-refractivity contribution is 6.31. The first kappa shape index (κ1) is 18.0. The number of H-pyrrole nitrogens is 1. The average molecular weight is 371 g/mol. The number of amides is 1. The summed E-state index contributed by atoms with van der Waals surface area (Å²) in [6.07, 6.45) is 0.318. The van der Waals surface area contributed by atoms with E-state index in [4.69, 9.17) is 16.3 Å². The lowest BCUT2D eigenvalue weighted by Gasteiger charge is -2.28. The second-order valence-electron chi connectivity index (χ2n) is 6.35. The summed E-state index contributed by atoms with van der Waals surface area (Å²) in [7, 11) is 1.31. The van der Waals surface area contributed by atoms with E-state index < -0.39 is 11.5 Å². The van der Waals surface area contributed by atoms with Crippen molar-refractivity contribution in [3.05, 3.63) is 70.9 Å². The molecule has 0 saturated carbocycles. The van der Waals surface area contributed by atoms with E-state index in [1.807, 2.05) is 30.3 Å². The number of hydrogen-bond acceptors (Lipinski definition) is 3. The van der Waals surface area contributed by atoms with Gasteiger partial charge in [-0.1, -0.05) is 41.9 Å². The van der Waals surface area contributed by atoms with E-state index in [0.29, 0.717) is 17.1 Å². The number of methoxy groups -OCH3 is 1. The summed E-state index contributed by atoms with van der Waals surface area (Å²) < 4.78 is 4.92. The number of aromatic nitrogens is 1. The molecule has 2 N–H and O–H groups in total. The third-order valence-electron chi connectivity index (χ3n) is 4.25. The lowest BCUT2D eigenvalue weighted by atomic mass is 9.92. The molecule has 0 radical (unpaired) electrons. The standard InChI is InChI=1S/C20H19ClN2O3/c1-20(19(25)26-2,12-13-6-4-3-5-7-13)23-18(24)17-11-14-10-15(21)8-9-16(14)22-17/h3-11,22H,12H2,1-2H3,(H,23,24). The number of rotatable bonds is 5. The van der Waals surface area contributed by atoms with Crippen LogP contribution >= 0.6 is 11.6 Å². The minimum absolute atomic E-state index is 0.318. The van der Waals surface area contributed by atoms with E-state index in [9.17, 15) is 9.59 Å². The molecule has 0 spiro atoms. The number of carbonyl (C=O) groups is 2. The van der Waals surface area contributed by atoms with Gasteiger partial charge in [0.05, 0.1) is 7.11 Å². The van der Waals surface area contributed by atoms with Crippen LogP contribution in [0.3, 0.4) is 0 Å². The molecule has 0 fully saturated rings. The quantitative estimate of drug-likeness (QED) is 0.672. The van der Waals surface area contributed by atoms with Crippen molar-refractivity contribution in [2.75, 3.05) is 7.11 Å². The molecular weight excluding hydrogens is 352 g/mol. The maximum atomic E-state index is 12.7. The Kier molecular flexibility index (Phi) is 5.00. The average Bonchev–Trinajstić information content (AvgIpc) is 3.05. The Balaban J connectivity index is 1.87. The van der Waals surface area contributed by atoms with Crippen molar-refractivity contribution in [2.24, 2.45) is 0 Å². The fourth-order valence-electron chi connectivity index (χ4n) is 2.94. The molecule has 3 rings (SSSR count). The number of halogens is 1. The van der Waals surface area contributed by atoms with Gasteiger partial charge in [-0.15, -0.1) is 0 Å². The lowest BCUT2D eigenvalue weighted by Crippen LogP contribution is -2.54. The Morgan fingerprint density at radius 1 is 1.15 bits per heavy atom. The largest absolute Gasteiger partial charge is 0.467 e. The first-order valence-corrected chi connectivity index (χ1v) is 8.52. The molecule has 0 aliphatic carbocycles. The van der Waals surface area contributed by atoms with Gasteiger partial charge in [0.1, 0.15) is 11.2 Å². The fraction of sp³-hybridized carbons (Fsp3) is 0.200. The van der Waals surface area contributed by atoms with Gasteiger partial charge >= 0.3 is 5.97 Å². The molecule has 1 amide bonds. The van der Waals surface area contributed by atoms with E-state index in [1.54, 1.807) is 31.2 Å². The van der Waals surface area contributed by atoms with Gasteiger partial charge in [-0.3, -0.25) is 4.79 Å². The number of nitrogens with one attached hydrogen (secondary N) is 2. The molecule has 1 unspecified atom stereocenters. The first-order chi connectivity index (χ1) is 12.4. The lowest BCUT2D eigenvalue weighted by molar-refractivity contribution is -0.147. The Hall–Kier alpha value is -2.79. The highest BCUT2D eigenvalue weighted by Gasteiger charge is 2.36. The number of benzene rings is 2. The smallest absolute Gasteiger partial charge is 0.331 e. The molecule has 6 heteroatoms. The summed E-state index contributed by atoms with van der Waals surface area (Å²) in [5.41, 5.74) is 0.874. The minimum atomic E-state index is -1.19. The summed E-state index contributed by atoms with van der Waals surface area (Å²) in [5, 5.41) is 4.22. The van der Waals surface area contributed by atoms with E-state index >= 15 is 0 Å². The second kappa shape index (κ2) is 7.22. The molecule has 0 aliphatic rings. The van der Waals surface area contributed by atoms with Crippen LogP contribution in [0.4, 0.5) is 0 Å². The van der Waals surface area contributed by atoms with Gasteiger partial charge in [-0.25, -0.2) is 4.79 Å². The summed E-state index contributed by atoms with van der Waals surface area (Å²) in [6.45, 7) is 1.66. The fourth-order valence-corrected chi connectivity index (χ4v) is 3.12. The van der Waals surface area contributed by atoms with Crippen LogP contribution in [0.15, 0.2) is 54.6 Å². The molecule has 134 valence electrons. The summed E-state index contributed by atoms with van der Waals surface area (Å²) in [5.74, 6) is -0.894. The zero-order chi connectivity index (χ0) is 18.7. The molecule has 2 aromatic carbocycles. The minimum Gasteiger partial charge on any atom is -0.467 e. The van der Waals surface area contributed by atoms with Crippen molar-refractivity contribution < 1.29 is 14.3 Å². The number of esters is 1. The van der Waals surface area contributed by atoms with Gasteiger partial charge in [0.2, 0.25) is 0 Å². The molecule has 1 heterocycles. The van der Waals surface area contributed by atoms with Crippen LogP contribution < -0.4 is 5.32 Å². The van der Waals surface area contributed by atoms with Crippen LogP contribution in [-0.4, -0.2) is 29.5 Å². The van der Waals surface area contributed by atoms with Crippen molar-refractivity contribution in [1.29, 1.82) is 0 Å². The van der Waals surface area contributed by atoms with Crippen LogP contribution in [0.2, 0.25) is 5.02 Å². The zero-order valence-corrected chi connectivity index (χ0v) is 15.3. The molecular formula is C20H19ClN2O3. The van der Waals surface area contributed by atoms with E-state index in [-0.39, 0.29) is 5.91 Å². The maximum Gasteiger partial charge on any atom is 0.331 e. The molecule has 0 aliphatic heterocycles. The van der Waals surface area contributed by atoms with Crippen LogP contribution in [0.25, 0.3) is 10.9 Å². The number of ether oxygens (including phenoxy) is 1. The second-order valence-corrected chi connectivity index (χ2v) is 6.79. The number of carbonyl (C=O) groups excluding carboxylic acids is 2. The van der Waals surface area contributed by atoms with Gasteiger partial charge in [0.25, 0.3) is 5.91 Å². The van der Waals surface area contributed by atoms with Crippen LogP contribution in [0.1, 0.15) is 23.0 Å². The Labute approximate surface area is 156 Å². The van der Waals surface area contributed by atoms with Crippen molar-refractivity contribution in [3.63, 3.8) is 0 Å². The zero-order valence-electron chi connectivity index (χ0n) is 14.5. The molecule has 26 heavy (non-hydrogen) atoms. The third-order valence-corrected chi connectivity index (χ3v) is 4.49. The normalized spacial score (nSPS) is 13.2. The Bertz CT molecular complexity index is 952. The van der Waals surface area contributed by atoms with Gasteiger partial charge in [0.15, 0.2) is 0 Å². The topological polar surface area (TPSA) is 71.2 Å². The van der Waals surface area contributed by atoms with Crippen molar-refractivity contribution in [3.8, 4) is 0 Å². The highest BCUT2D eigenvalue weighted by Crippen LogP contribution is 2.21. The third kappa shape index (κ3) is 3.73. The summed E-state index contributed by atoms with van der Waals surface area (Å²) >= 11 is 5.99. The predicted molar refractivity (Wildman–Crippen MR) is 101 cm³/mol. The van der Waals surface area contributed by atoms with E-state index in [0.717, 1.165) is 16.5 Å². The Morgan fingerprint density at radius 3 is 2.58 bits per heavy atom. The van der Waals surface area contributed by atoms with E-state index in [1.165, 1.54) is 7.11 Å². The molecule has 1 atom stereocenters. The maximum absolute atomic E-state index is 12.7. The van der Waals surface area contributed by atoms with Crippen molar-refractivity contribution in [1.82, 2.24) is 10.3 Å². The SMILES string of the molecule is COC(=O)C(C)(Cc1ccccc1)NC(=O)c1cc2cc(Cl)ccc2[nH]1. The van der Waals surface area contributed by atoms with Crippen molar-refractivity contribution in [2.45, 2.75) is 18.9 Å². The Morgan fingerprint density at radius 2 is 1.88 bits per heavy atom. The molecule has 1 aromatic heterocycles. The summed E-state index contributed by atoms with van der Waals surface area (Å²) in [4.78, 5) is 28.1. The van der Waals surface area contributed by atoms with Gasteiger partial charge in [-0.05, 0) is 36.8 Å². The summed E-state index contributed by atoms with van der Waals surface area (Å²) in [6, 6.07) is 16.5. The molecule has 5 nitrogen and oxygen atoms in total. The van der Waals surface area contributed by atoms with Crippen LogP contribution in [0.5, 0.6) is 0 Å². The molecule has 3 aromatic rings. The molecule has 0 saturated heterocycles. The highest BCUT2D eigenvalue weighted by atomic mass is 35.5.